The van der Waals surface area contributed by atoms with Crippen molar-refractivity contribution in [2.75, 3.05) is 0 Å². The van der Waals surface area contributed by atoms with Crippen molar-refractivity contribution in [2.24, 2.45) is 5.92 Å². The lowest BCUT2D eigenvalue weighted by Gasteiger charge is -2.05. The predicted octanol–water partition coefficient (Wildman–Crippen LogP) is 2.49. The van der Waals surface area contributed by atoms with Crippen molar-refractivity contribution in [3.8, 4) is 0 Å². The van der Waals surface area contributed by atoms with E-state index in [0.717, 1.165) is 22.0 Å². The van der Waals surface area contributed by atoms with Crippen LogP contribution in [0.5, 0.6) is 0 Å². The lowest BCUT2D eigenvalue weighted by molar-refractivity contribution is -0.141. The number of fused-ring (bicyclic) bond motifs is 1. The third kappa shape index (κ3) is 3.45. The number of aromatic nitrogens is 5. The number of aliphatic carboxylic acids is 1. The Hall–Kier alpha value is -3.09. The zero-order chi connectivity index (χ0) is 17.1. The van der Waals surface area contributed by atoms with Gasteiger partial charge in [0.05, 0.1) is 5.92 Å². The molecule has 0 aliphatic carbocycles. The van der Waals surface area contributed by atoms with Gasteiger partial charge in [-0.2, -0.15) is 0 Å². The van der Waals surface area contributed by atoms with E-state index in [1.165, 1.54) is 0 Å². The Balaban J connectivity index is 1.87. The molecule has 2 heterocycles. The van der Waals surface area contributed by atoms with Crippen molar-refractivity contribution in [1.82, 2.24) is 25.4 Å². The molecule has 7 nitrogen and oxygen atoms in total. The van der Waals surface area contributed by atoms with Crippen molar-refractivity contribution in [1.29, 1.82) is 0 Å². The molecule has 0 aliphatic rings. The maximum Gasteiger partial charge on any atom is 0.306 e. The van der Waals surface area contributed by atoms with Gasteiger partial charge in [-0.1, -0.05) is 19.1 Å². The van der Waals surface area contributed by atoms with Crippen LogP contribution in [0.4, 0.5) is 0 Å². The highest BCUT2D eigenvalue weighted by molar-refractivity contribution is 5.87. The SMILES string of the molecule is Cc1nnc(/C=C/c2ccc3[nH]cc(CC(C)C(=O)O)c3c2)nn1. The molecule has 2 aromatic heterocycles. The summed E-state index contributed by atoms with van der Waals surface area (Å²) >= 11 is 0. The number of aryl methyl sites for hydroxylation is 1. The van der Waals surface area contributed by atoms with Gasteiger partial charge in [-0.15, -0.1) is 20.4 Å². The molecule has 0 fully saturated rings. The minimum absolute atomic E-state index is 0.429. The van der Waals surface area contributed by atoms with Crippen LogP contribution >= 0.6 is 0 Å². The van der Waals surface area contributed by atoms with Gasteiger partial charge in [0, 0.05) is 17.1 Å². The van der Waals surface area contributed by atoms with Crippen LogP contribution in [0.2, 0.25) is 0 Å². The number of nitrogens with one attached hydrogen (secondary N) is 1. The molecule has 0 bridgehead atoms. The van der Waals surface area contributed by atoms with Crippen LogP contribution in [0.15, 0.2) is 24.4 Å². The highest BCUT2D eigenvalue weighted by Gasteiger charge is 2.14. The van der Waals surface area contributed by atoms with E-state index >= 15 is 0 Å². The van der Waals surface area contributed by atoms with Crippen LogP contribution in [-0.4, -0.2) is 36.5 Å². The van der Waals surface area contributed by atoms with E-state index in [2.05, 4.69) is 25.4 Å². The summed E-state index contributed by atoms with van der Waals surface area (Å²) < 4.78 is 0. The normalized spacial score (nSPS) is 12.8. The summed E-state index contributed by atoms with van der Waals surface area (Å²) in [4.78, 5) is 14.2. The molecule has 1 aromatic carbocycles. The second kappa shape index (κ2) is 6.57. The first kappa shape index (κ1) is 15.8. The molecule has 0 saturated carbocycles. The van der Waals surface area contributed by atoms with Crippen LogP contribution in [-0.2, 0) is 11.2 Å². The average molecular weight is 323 g/mol. The topological polar surface area (TPSA) is 105 Å². The summed E-state index contributed by atoms with van der Waals surface area (Å²) in [6.07, 6.45) is 5.98. The van der Waals surface area contributed by atoms with Crippen LogP contribution in [0, 0.1) is 12.8 Å². The summed E-state index contributed by atoms with van der Waals surface area (Å²) in [5.74, 6) is -0.259. The van der Waals surface area contributed by atoms with E-state index < -0.39 is 11.9 Å². The zero-order valence-corrected chi connectivity index (χ0v) is 13.4. The van der Waals surface area contributed by atoms with Gasteiger partial charge in [0.15, 0.2) is 11.6 Å². The number of nitrogens with zero attached hydrogens (tertiary/aromatic N) is 4. The average Bonchev–Trinajstić information content (AvgIpc) is 2.96. The van der Waals surface area contributed by atoms with Crippen molar-refractivity contribution in [3.63, 3.8) is 0 Å². The summed E-state index contributed by atoms with van der Waals surface area (Å²) in [7, 11) is 0. The molecule has 24 heavy (non-hydrogen) atoms. The minimum Gasteiger partial charge on any atom is -0.481 e. The summed E-state index contributed by atoms with van der Waals surface area (Å²) in [6, 6.07) is 5.95. The smallest absolute Gasteiger partial charge is 0.306 e. The lowest BCUT2D eigenvalue weighted by Crippen LogP contribution is -2.11. The van der Waals surface area contributed by atoms with Gasteiger partial charge in [-0.3, -0.25) is 4.79 Å². The fourth-order valence-corrected chi connectivity index (χ4v) is 2.41. The van der Waals surface area contributed by atoms with E-state index in [9.17, 15) is 4.79 Å². The van der Waals surface area contributed by atoms with E-state index in [-0.39, 0.29) is 0 Å². The molecule has 0 amide bonds. The van der Waals surface area contributed by atoms with E-state index in [1.54, 1.807) is 19.9 Å². The number of aromatic amines is 1. The van der Waals surface area contributed by atoms with E-state index in [4.69, 9.17) is 5.11 Å². The first-order chi connectivity index (χ1) is 11.5. The molecule has 2 N–H and O–H groups in total. The molecule has 0 radical (unpaired) electrons. The molecule has 122 valence electrons. The van der Waals surface area contributed by atoms with Crippen LogP contribution < -0.4 is 0 Å². The molecular formula is C17H17N5O2. The van der Waals surface area contributed by atoms with Crippen LogP contribution in [0.3, 0.4) is 0 Å². The molecule has 3 aromatic rings. The Labute approximate surface area is 138 Å². The molecule has 1 unspecified atom stereocenters. The summed E-state index contributed by atoms with van der Waals surface area (Å²) in [5.41, 5.74) is 2.94. The fraction of sp³-hybridized carbons (Fsp3) is 0.235. The number of H-pyrrole nitrogens is 1. The fourth-order valence-electron chi connectivity index (χ4n) is 2.41. The second-order valence-corrected chi connectivity index (χ2v) is 5.70. The molecule has 0 aliphatic heterocycles. The Bertz CT molecular complexity index is 899. The largest absolute Gasteiger partial charge is 0.481 e. The van der Waals surface area contributed by atoms with Crippen molar-refractivity contribution >= 4 is 29.0 Å². The first-order valence-corrected chi connectivity index (χ1v) is 7.58. The van der Waals surface area contributed by atoms with Crippen molar-refractivity contribution < 1.29 is 9.90 Å². The van der Waals surface area contributed by atoms with Crippen molar-refractivity contribution in [2.45, 2.75) is 20.3 Å². The maximum absolute atomic E-state index is 11.1. The number of carboxylic acids is 1. The van der Waals surface area contributed by atoms with Gasteiger partial charge in [-0.05, 0) is 42.7 Å². The molecule has 7 heteroatoms. The lowest BCUT2D eigenvalue weighted by atomic mass is 10.00. The number of carboxylic acid groups (broad SMARTS) is 1. The molecule has 1 atom stereocenters. The standard InChI is InChI=1S/C17H17N5O2/c1-10(17(23)24)7-13-9-18-15-5-3-12(8-14(13)15)4-6-16-21-19-11(2)20-22-16/h3-6,8-10,18H,7H2,1-2H3,(H,23,24)/b6-4+. The molecule has 3 rings (SSSR count). The Morgan fingerprint density at radius 1 is 1.25 bits per heavy atom. The van der Waals surface area contributed by atoms with Gasteiger partial charge >= 0.3 is 5.97 Å². The van der Waals surface area contributed by atoms with Gasteiger partial charge in [0.1, 0.15) is 0 Å². The Morgan fingerprint density at radius 3 is 2.71 bits per heavy atom. The van der Waals surface area contributed by atoms with E-state index in [1.807, 2.05) is 30.5 Å². The number of carbonyl (C=O) groups is 1. The number of hydrogen-bond acceptors (Lipinski definition) is 5. The van der Waals surface area contributed by atoms with Crippen molar-refractivity contribution in [3.05, 3.63) is 47.2 Å². The Kier molecular flexibility index (Phi) is 4.33. The summed E-state index contributed by atoms with van der Waals surface area (Å²) in [5, 5.41) is 25.7. The molecule has 0 spiro atoms. The number of hydrogen-bond donors (Lipinski definition) is 2. The van der Waals surface area contributed by atoms with Gasteiger partial charge in [0.2, 0.25) is 0 Å². The third-order valence-electron chi connectivity index (χ3n) is 3.76. The van der Waals surface area contributed by atoms with Gasteiger partial charge < -0.3 is 10.1 Å². The van der Waals surface area contributed by atoms with Crippen LogP contribution in [0.25, 0.3) is 23.1 Å². The number of benzene rings is 1. The second-order valence-electron chi connectivity index (χ2n) is 5.70. The number of rotatable bonds is 5. The molecule has 0 saturated heterocycles. The molecular weight excluding hydrogens is 306 g/mol. The maximum atomic E-state index is 11.1. The zero-order valence-electron chi connectivity index (χ0n) is 13.4. The van der Waals surface area contributed by atoms with Gasteiger partial charge in [-0.25, -0.2) is 0 Å². The highest BCUT2D eigenvalue weighted by atomic mass is 16.4. The third-order valence-corrected chi connectivity index (χ3v) is 3.76. The monoisotopic (exact) mass is 323 g/mol. The minimum atomic E-state index is -0.795. The first-order valence-electron chi connectivity index (χ1n) is 7.58. The Morgan fingerprint density at radius 2 is 2.00 bits per heavy atom. The van der Waals surface area contributed by atoms with Crippen LogP contribution in [0.1, 0.15) is 29.7 Å². The summed E-state index contributed by atoms with van der Waals surface area (Å²) in [6.45, 7) is 3.44. The predicted molar refractivity (Wildman–Crippen MR) is 90.1 cm³/mol. The van der Waals surface area contributed by atoms with E-state index in [0.29, 0.717) is 18.1 Å². The van der Waals surface area contributed by atoms with Gasteiger partial charge in [0.25, 0.3) is 0 Å². The quantitative estimate of drug-likeness (QED) is 0.747. The highest BCUT2D eigenvalue weighted by Crippen LogP contribution is 2.23.